The molecule has 1 aliphatic rings. The molecule has 2 heterocycles. The Hall–Kier alpha value is -1.07. The average molecular weight is 280 g/mol. The van der Waals surface area contributed by atoms with Gasteiger partial charge in [-0.15, -0.1) is 0 Å². The first-order chi connectivity index (χ1) is 9.34. The zero-order chi connectivity index (χ0) is 14.9. The molecule has 1 unspecified atom stereocenters. The van der Waals surface area contributed by atoms with Gasteiger partial charge in [0, 0.05) is 31.7 Å². The number of anilines is 1. The van der Waals surface area contributed by atoms with Crippen LogP contribution in [0.2, 0.25) is 0 Å². The lowest BCUT2D eigenvalue weighted by Crippen LogP contribution is -2.49. The number of aryl methyl sites for hydroxylation is 2. The van der Waals surface area contributed by atoms with Crippen molar-refractivity contribution < 1.29 is 4.74 Å². The maximum atomic E-state index is 6.15. The molecule has 5 nitrogen and oxygen atoms in total. The smallest absolute Gasteiger partial charge is 0.130 e. The maximum Gasteiger partial charge on any atom is 0.130 e. The molecule has 2 N–H and O–H groups in total. The van der Waals surface area contributed by atoms with Crippen LogP contribution in [0.5, 0.6) is 0 Å². The Bertz CT molecular complexity index is 467. The highest BCUT2D eigenvalue weighted by molar-refractivity contribution is 5.51. The predicted octanol–water partition coefficient (Wildman–Crippen LogP) is 1.62. The molecule has 0 aromatic carbocycles. The van der Waals surface area contributed by atoms with Crippen molar-refractivity contribution in [1.82, 2.24) is 9.78 Å². The van der Waals surface area contributed by atoms with Gasteiger partial charge in [0.2, 0.25) is 0 Å². The molecule has 1 atom stereocenters. The molecule has 1 fully saturated rings. The van der Waals surface area contributed by atoms with E-state index in [1.165, 1.54) is 11.4 Å². The molecule has 0 aliphatic carbocycles. The topological polar surface area (TPSA) is 56.3 Å². The van der Waals surface area contributed by atoms with E-state index < -0.39 is 0 Å². The van der Waals surface area contributed by atoms with Crippen molar-refractivity contribution >= 4 is 5.82 Å². The van der Waals surface area contributed by atoms with E-state index in [-0.39, 0.29) is 11.6 Å². The van der Waals surface area contributed by atoms with Gasteiger partial charge in [-0.2, -0.15) is 5.10 Å². The van der Waals surface area contributed by atoms with Gasteiger partial charge < -0.3 is 15.4 Å². The minimum atomic E-state index is -0.111. The molecule has 0 amide bonds. The zero-order valence-electron chi connectivity index (χ0n) is 13.4. The van der Waals surface area contributed by atoms with Gasteiger partial charge in [-0.3, -0.25) is 4.68 Å². The molecule has 5 heteroatoms. The van der Waals surface area contributed by atoms with Crippen molar-refractivity contribution in [3.05, 3.63) is 11.3 Å². The van der Waals surface area contributed by atoms with Gasteiger partial charge in [-0.25, -0.2) is 0 Å². The third kappa shape index (κ3) is 3.15. The fraction of sp³-hybridized carbons (Fsp3) is 0.800. The first-order valence-corrected chi connectivity index (χ1v) is 7.51. The molecule has 0 bridgehead atoms. The van der Waals surface area contributed by atoms with E-state index in [1.807, 2.05) is 11.7 Å². The van der Waals surface area contributed by atoms with Crippen LogP contribution >= 0.6 is 0 Å². The summed E-state index contributed by atoms with van der Waals surface area (Å²) in [7, 11) is 2.02. The van der Waals surface area contributed by atoms with Crippen LogP contribution < -0.4 is 10.6 Å². The second kappa shape index (κ2) is 5.74. The maximum absolute atomic E-state index is 6.15. The van der Waals surface area contributed by atoms with Crippen molar-refractivity contribution in [3.63, 3.8) is 0 Å². The van der Waals surface area contributed by atoms with E-state index in [0.717, 1.165) is 38.2 Å². The molecule has 0 spiro atoms. The molecule has 0 radical (unpaired) electrons. The number of morpholine rings is 1. The first-order valence-electron chi connectivity index (χ1n) is 7.51. The monoisotopic (exact) mass is 280 g/mol. The zero-order valence-corrected chi connectivity index (χ0v) is 13.4. The quantitative estimate of drug-likeness (QED) is 0.910. The minimum Gasteiger partial charge on any atom is -0.372 e. The van der Waals surface area contributed by atoms with E-state index in [2.05, 4.69) is 37.7 Å². The summed E-state index contributed by atoms with van der Waals surface area (Å²) in [6.45, 7) is 11.0. The second-order valence-corrected chi connectivity index (χ2v) is 6.41. The third-order valence-electron chi connectivity index (χ3n) is 4.03. The number of hydrogen-bond donors (Lipinski definition) is 1. The molecular formula is C15H28N4O. The number of hydrogen-bond acceptors (Lipinski definition) is 4. The van der Waals surface area contributed by atoms with Crippen LogP contribution in [0.15, 0.2) is 0 Å². The van der Waals surface area contributed by atoms with Crippen LogP contribution in [-0.2, 0) is 18.2 Å². The molecular weight excluding hydrogens is 252 g/mol. The van der Waals surface area contributed by atoms with Gasteiger partial charge >= 0.3 is 0 Å². The van der Waals surface area contributed by atoms with Crippen molar-refractivity contribution in [1.29, 1.82) is 0 Å². The normalized spacial score (nSPS) is 20.2. The molecule has 1 saturated heterocycles. The van der Waals surface area contributed by atoms with E-state index in [9.17, 15) is 0 Å². The highest BCUT2D eigenvalue weighted by atomic mass is 16.5. The minimum absolute atomic E-state index is 0.111. The SMILES string of the molecule is CCC(N)Cc1c(C)nn(C)c1N1CCOC(C)(C)C1. The molecule has 2 rings (SSSR count). The van der Waals surface area contributed by atoms with Crippen LogP contribution in [0, 0.1) is 6.92 Å². The molecule has 1 aromatic rings. The van der Waals surface area contributed by atoms with Crippen molar-refractivity contribution in [2.24, 2.45) is 12.8 Å². The first kappa shape index (κ1) is 15.3. The Morgan fingerprint density at radius 1 is 1.45 bits per heavy atom. The number of rotatable bonds is 4. The third-order valence-corrected chi connectivity index (χ3v) is 4.03. The van der Waals surface area contributed by atoms with E-state index in [1.54, 1.807) is 0 Å². The summed E-state index contributed by atoms with van der Waals surface area (Å²) in [6, 6.07) is 0.200. The van der Waals surface area contributed by atoms with Crippen LogP contribution in [0.25, 0.3) is 0 Å². The summed E-state index contributed by atoms with van der Waals surface area (Å²) in [5.74, 6) is 1.21. The van der Waals surface area contributed by atoms with E-state index in [4.69, 9.17) is 10.5 Å². The van der Waals surface area contributed by atoms with Crippen molar-refractivity contribution in [2.45, 2.75) is 52.2 Å². The highest BCUT2D eigenvalue weighted by Crippen LogP contribution is 2.28. The van der Waals surface area contributed by atoms with Crippen molar-refractivity contribution in [2.75, 3.05) is 24.6 Å². The largest absolute Gasteiger partial charge is 0.372 e. The van der Waals surface area contributed by atoms with Gasteiger partial charge in [0.1, 0.15) is 5.82 Å². The average Bonchev–Trinajstić information content (AvgIpc) is 2.62. The van der Waals surface area contributed by atoms with Crippen molar-refractivity contribution in [3.8, 4) is 0 Å². The molecule has 0 saturated carbocycles. The van der Waals surface area contributed by atoms with Crippen LogP contribution in [0.1, 0.15) is 38.4 Å². The van der Waals surface area contributed by atoms with E-state index >= 15 is 0 Å². The molecule has 20 heavy (non-hydrogen) atoms. The fourth-order valence-corrected chi connectivity index (χ4v) is 2.93. The lowest BCUT2D eigenvalue weighted by molar-refractivity contribution is -0.0281. The fourth-order valence-electron chi connectivity index (χ4n) is 2.93. The number of aromatic nitrogens is 2. The molecule has 1 aromatic heterocycles. The standard InChI is InChI=1S/C15H28N4O/c1-6-12(16)9-13-11(2)17-18(5)14(13)19-7-8-20-15(3,4)10-19/h12H,6-10,16H2,1-5H3. The van der Waals surface area contributed by atoms with Crippen LogP contribution in [-0.4, -0.2) is 41.1 Å². The van der Waals surface area contributed by atoms with Gasteiger partial charge in [-0.1, -0.05) is 6.92 Å². The lowest BCUT2D eigenvalue weighted by Gasteiger charge is -2.39. The molecule has 1 aliphatic heterocycles. The predicted molar refractivity (Wildman–Crippen MR) is 82.2 cm³/mol. The Labute approximate surface area is 122 Å². The van der Waals surface area contributed by atoms with Gasteiger partial charge in [-0.05, 0) is 33.6 Å². The van der Waals surface area contributed by atoms with Crippen LogP contribution in [0.4, 0.5) is 5.82 Å². The number of nitrogens with zero attached hydrogens (tertiary/aromatic N) is 3. The van der Waals surface area contributed by atoms with Gasteiger partial charge in [0.05, 0.1) is 17.9 Å². The molecule has 114 valence electrons. The lowest BCUT2D eigenvalue weighted by atomic mass is 10.0. The second-order valence-electron chi connectivity index (χ2n) is 6.41. The van der Waals surface area contributed by atoms with Gasteiger partial charge in [0.15, 0.2) is 0 Å². The van der Waals surface area contributed by atoms with Gasteiger partial charge in [0.25, 0.3) is 0 Å². The van der Waals surface area contributed by atoms with Crippen LogP contribution in [0.3, 0.4) is 0 Å². The summed E-state index contributed by atoms with van der Waals surface area (Å²) in [5, 5.41) is 4.60. The Kier molecular flexibility index (Phi) is 4.39. The summed E-state index contributed by atoms with van der Waals surface area (Å²) in [6.07, 6.45) is 1.88. The Morgan fingerprint density at radius 2 is 2.15 bits per heavy atom. The Morgan fingerprint density at radius 3 is 2.75 bits per heavy atom. The summed E-state index contributed by atoms with van der Waals surface area (Å²) < 4.78 is 7.80. The number of nitrogens with two attached hydrogens (primary N) is 1. The summed E-state index contributed by atoms with van der Waals surface area (Å²) in [4.78, 5) is 2.39. The number of ether oxygens (including phenoxy) is 1. The highest BCUT2D eigenvalue weighted by Gasteiger charge is 2.30. The summed E-state index contributed by atoms with van der Waals surface area (Å²) >= 11 is 0. The summed E-state index contributed by atoms with van der Waals surface area (Å²) in [5.41, 5.74) is 8.43. The van der Waals surface area contributed by atoms with E-state index in [0.29, 0.717) is 0 Å². The Balaban J connectivity index is 2.30.